The molecule has 33 heavy (non-hydrogen) atoms. The molecule has 1 aliphatic heterocycles. The molecule has 3 heterocycles. The number of nitrogens with zero attached hydrogens (tertiary/aromatic N) is 4. The Kier molecular flexibility index (Phi) is 5.92. The van der Waals surface area contributed by atoms with Crippen molar-refractivity contribution in [2.45, 2.75) is 32.6 Å². The second kappa shape index (κ2) is 9.15. The van der Waals surface area contributed by atoms with Crippen LogP contribution >= 0.6 is 11.3 Å². The Balaban J connectivity index is 1.26. The highest BCUT2D eigenvalue weighted by atomic mass is 32.1. The van der Waals surface area contributed by atoms with Gasteiger partial charge in [0.2, 0.25) is 22.7 Å². The van der Waals surface area contributed by atoms with Gasteiger partial charge in [-0.15, -0.1) is 16.4 Å². The van der Waals surface area contributed by atoms with Crippen molar-refractivity contribution in [2.75, 3.05) is 16.8 Å². The summed E-state index contributed by atoms with van der Waals surface area (Å²) < 4.78 is 1.74. The number of aryl methyl sites for hydroxylation is 1. The van der Waals surface area contributed by atoms with Gasteiger partial charge >= 0.3 is 0 Å². The van der Waals surface area contributed by atoms with Crippen LogP contribution in [0.3, 0.4) is 0 Å². The van der Waals surface area contributed by atoms with Crippen molar-refractivity contribution >= 4 is 39.7 Å². The highest BCUT2D eigenvalue weighted by Gasteiger charge is 2.35. The summed E-state index contributed by atoms with van der Waals surface area (Å²) >= 11 is 1.47. The van der Waals surface area contributed by atoms with Crippen molar-refractivity contribution in [1.29, 1.82) is 0 Å². The van der Waals surface area contributed by atoms with E-state index in [1.54, 1.807) is 9.42 Å². The Bertz CT molecular complexity index is 1280. The van der Waals surface area contributed by atoms with Crippen molar-refractivity contribution in [3.8, 4) is 11.3 Å². The molecular weight excluding hydrogens is 434 g/mol. The second-order valence-electron chi connectivity index (χ2n) is 8.28. The maximum Gasteiger partial charge on any atom is 0.250 e. The fraction of sp³-hybridized carbons (Fsp3) is 0.280. The number of amides is 2. The number of carbonyl (C=O) groups is 2. The molecule has 1 atom stereocenters. The molecule has 1 saturated heterocycles. The van der Waals surface area contributed by atoms with Gasteiger partial charge < -0.3 is 4.90 Å². The lowest BCUT2D eigenvalue weighted by atomic mass is 10.1. The average molecular weight is 460 g/mol. The van der Waals surface area contributed by atoms with Crippen molar-refractivity contribution in [1.82, 2.24) is 14.6 Å². The number of unbranched alkanes of at least 4 members (excludes halogenated alkanes) is 1. The molecule has 1 unspecified atom stereocenters. The number of carbonyl (C=O) groups excluding carboxylic acids is 2. The molecule has 7 nitrogen and oxygen atoms in total. The van der Waals surface area contributed by atoms with Gasteiger partial charge in [-0.1, -0.05) is 55.8 Å². The first-order chi connectivity index (χ1) is 16.1. The maximum absolute atomic E-state index is 12.9. The molecule has 1 aliphatic rings. The SMILES string of the molecule is CCCCc1ccc(N2CC(C(=O)Nc3nc4scc(-c5ccccc5)n4n3)CC2=O)cc1. The minimum absolute atomic E-state index is 0.0402. The second-order valence-corrected chi connectivity index (χ2v) is 9.12. The number of benzene rings is 2. The fourth-order valence-corrected chi connectivity index (χ4v) is 4.94. The summed E-state index contributed by atoms with van der Waals surface area (Å²) in [6.07, 6.45) is 3.52. The van der Waals surface area contributed by atoms with Gasteiger partial charge in [0.15, 0.2) is 0 Å². The quantitative estimate of drug-likeness (QED) is 0.431. The summed E-state index contributed by atoms with van der Waals surface area (Å²) in [7, 11) is 0. The summed E-state index contributed by atoms with van der Waals surface area (Å²) in [6, 6.07) is 18.0. The van der Waals surface area contributed by atoms with Gasteiger partial charge in [0, 0.05) is 29.6 Å². The van der Waals surface area contributed by atoms with Crippen molar-refractivity contribution in [3.05, 3.63) is 65.5 Å². The smallest absolute Gasteiger partial charge is 0.250 e. The monoisotopic (exact) mass is 459 g/mol. The maximum atomic E-state index is 12.9. The van der Waals surface area contributed by atoms with Crippen LogP contribution < -0.4 is 10.2 Å². The summed E-state index contributed by atoms with van der Waals surface area (Å²) in [5.74, 6) is -0.450. The van der Waals surface area contributed by atoms with Crippen LogP contribution in [-0.2, 0) is 16.0 Å². The standard InChI is InChI=1S/C25H25N5O2S/c1-2-3-7-17-10-12-20(13-11-17)29-15-19(14-22(29)31)23(32)26-24-27-25-30(28-24)21(16-33-25)18-8-5-4-6-9-18/h4-6,8-13,16,19H,2-3,7,14-15H2,1H3,(H,26,28,32). The number of nitrogens with one attached hydrogen (secondary N) is 1. The number of fused-ring (bicyclic) bond motifs is 1. The van der Waals surface area contributed by atoms with Crippen LogP contribution in [0.4, 0.5) is 11.6 Å². The zero-order chi connectivity index (χ0) is 22.8. The number of thiazole rings is 1. The minimum Gasteiger partial charge on any atom is -0.312 e. The van der Waals surface area contributed by atoms with E-state index in [1.807, 2.05) is 47.8 Å². The van der Waals surface area contributed by atoms with Crippen LogP contribution in [0, 0.1) is 5.92 Å². The lowest BCUT2D eigenvalue weighted by Crippen LogP contribution is -2.28. The molecule has 2 aromatic carbocycles. The Hall–Kier alpha value is -3.52. The van der Waals surface area contributed by atoms with Crippen LogP contribution in [0.2, 0.25) is 0 Å². The van der Waals surface area contributed by atoms with E-state index in [0.29, 0.717) is 11.5 Å². The summed E-state index contributed by atoms with van der Waals surface area (Å²) in [4.78, 5) is 32.3. The number of rotatable bonds is 7. The van der Waals surface area contributed by atoms with Gasteiger partial charge in [-0.2, -0.15) is 4.98 Å². The van der Waals surface area contributed by atoms with E-state index in [2.05, 4.69) is 34.5 Å². The first-order valence-electron chi connectivity index (χ1n) is 11.2. The normalized spacial score (nSPS) is 16.0. The Morgan fingerprint density at radius 3 is 2.70 bits per heavy atom. The van der Waals surface area contributed by atoms with Gasteiger partial charge in [0.1, 0.15) is 0 Å². The average Bonchev–Trinajstić information content (AvgIpc) is 3.53. The van der Waals surface area contributed by atoms with Gasteiger partial charge in [0.25, 0.3) is 0 Å². The zero-order valence-corrected chi connectivity index (χ0v) is 19.2. The van der Waals surface area contributed by atoms with E-state index in [0.717, 1.165) is 36.2 Å². The van der Waals surface area contributed by atoms with E-state index < -0.39 is 5.92 Å². The molecule has 4 aromatic rings. The molecular formula is C25H25N5O2S. The fourth-order valence-electron chi connectivity index (χ4n) is 4.11. The molecule has 0 radical (unpaired) electrons. The van der Waals surface area contributed by atoms with Crippen molar-refractivity contribution in [3.63, 3.8) is 0 Å². The summed E-state index contributed by atoms with van der Waals surface area (Å²) in [6.45, 7) is 2.53. The highest BCUT2D eigenvalue weighted by Crippen LogP contribution is 2.28. The van der Waals surface area contributed by atoms with Gasteiger partial charge in [-0.25, -0.2) is 4.52 Å². The molecule has 1 fully saturated rings. The third-order valence-corrected chi connectivity index (χ3v) is 6.77. The van der Waals surface area contributed by atoms with Crippen LogP contribution in [0.15, 0.2) is 60.0 Å². The zero-order valence-electron chi connectivity index (χ0n) is 18.4. The van der Waals surface area contributed by atoms with Crippen LogP contribution in [0.1, 0.15) is 31.7 Å². The Labute approximate surface area is 196 Å². The number of aromatic nitrogens is 3. The summed E-state index contributed by atoms with van der Waals surface area (Å²) in [5.41, 5.74) is 4.06. The molecule has 8 heteroatoms. The molecule has 2 aromatic heterocycles. The molecule has 0 bridgehead atoms. The molecule has 5 rings (SSSR count). The lowest BCUT2D eigenvalue weighted by Gasteiger charge is -2.17. The highest BCUT2D eigenvalue weighted by molar-refractivity contribution is 7.15. The van der Waals surface area contributed by atoms with Crippen molar-refractivity contribution < 1.29 is 9.59 Å². The van der Waals surface area contributed by atoms with E-state index in [-0.39, 0.29) is 24.2 Å². The minimum atomic E-state index is -0.438. The van der Waals surface area contributed by atoms with Crippen LogP contribution in [-0.4, -0.2) is 33.0 Å². The third-order valence-electron chi connectivity index (χ3n) is 5.95. The summed E-state index contributed by atoms with van der Waals surface area (Å²) in [5, 5.41) is 9.28. The molecule has 168 valence electrons. The van der Waals surface area contributed by atoms with E-state index in [1.165, 1.54) is 16.9 Å². The Morgan fingerprint density at radius 2 is 1.94 bits per heavy atom. The molecule has 1 N–H and O–H groups in total. The molecule has 0 spiro atoms. The van der Waals surface area contributed by atoms with E-state index >= 15 is 0 Å². The van der Waals surface area contributed by atoms with Crippen molar-refractivity contribution in [2.24, 2.45) is 5.92 Å². The molecule has 0 aliphatic carbocycles. The molecule has 2 amide bonds. The van der Waals surface area contributed by atoms with Gasteiger partial charge in [0.05, 0.1) is 11.6 Å². The van der Waals surface area contributed by atoms with Crippen LogP contribution in [0.5, 0.6) is 0 Å². The first kappa shape index (κ1) is 21.3. The number of hydrogen-bond donors (Lipinski definition) is 1. The number of anilines is 2. The predicted molar refractivity (Wildman–Crippen MR) is 130 cm³/mol. The first-order valence-corrected chi connectivity index (χ1v) is 12.1. The van der Waals surface area contributed by atoms with Crippen LogP contribution in [0.25, 0.3) is 16.2 Å². The van der Waals surface area contributed by atoms with E-state index in [4.69, 9.17) is 0 Å². The molecule has 0 saturated carbocycles. The predicted octanol–water partition coefficient (Wildman–Crippen LogP) is 4.79. The van der Waals surface area contributed by atoms with E-state index in [9.17, 15) is 9.59 Å². The van der Waals surface area contributed by atoms with Gasteiger partial charge in [-0.05, 0) is 30.5 Å². The number of hydrogen-bond acceptors (Lipinski definition) is 5. The lowest BCUT2D eigenvalue weighted by molar-refractivity contribution is -0.122. The Morgan fingerprint density at radius 1 is 1.15 bits per heavy atom. The van der Waals surface area contributed by atoms with Gasteiger partial charge in [-0.3, -0.25) is 14.9 Å². The largest absolute Gasteiger partial charge is 0.312 e. The third kappa shape index (κ3) is 4.39. The topological polar surface area (TPSA) is 79.6 Å².